The molecule has 1 atom stereocenters. The average Bonchev–Trinajstić information content (AvgIpc) is 2.21. The zero-order valence-corrected chi connectivity index (χ0v) is 8.28. The molecule has 1 aliphatic rings. The number of allylic oxidation sites excluding steroid dienone is 1. The van der Waals surface area contributed by atoms with Gasteiger partial charge >= 0.3 is 0 Å². The molecular formula is C12H14FN. The largest absolute Gasteiger partial charge is 0.381 e. The number of nitrogens with zero attached hydrogens (tertiary/aromatic N) is 1. The van der Waals surface area contributed by atoms with E-state index >= 15 is 0 Å². The minimum atomic E-state index is -0.161. The Bertz CT molecular complexity index is 329. The second-order valence-corrected chi connectivity index (χ2v) is 3.77. The van der Waals surface area contributed by atoms with Crippen molar-refractivity contribution in [3.8, 4) is 0 Å². The van der Waals surface area contributed by atoms with E-state index < -0.39 is 0 Å². The van der Waals surface area contributed by atoms with Crippen LogP contribution >= 0.6 is 0 Å². The highest BCUT2D eigenvalue weighted by Gasteiger charge is 2.12. The van der Waals surface area contributed by atoms with Crippen molar-refractivity contribution < 1.29 is 4.39 Å². The first kappa shape index (κ1) is 9.25. The molecule has 2 rings (SSSR count). The Morgan fingerprint density at radius 2 is 2.00 bits per heavy atom. The lowest BCUT2D eigenvalue weighted by atomic mass is 9.94. The molecule has 1 nitrogen and oxygen atoms in total. The second-order valence-electron chi connectivity index (χ2n) is 3.77. The van der Waals surface area contributed by atoms with Crippen LogP contribution in [0.2, 0.25) is 0 Å². The van der Waals surface area contributed by atoms with Crippen LogP contribution < -0.4 is 0 Å². The van der Waals surface area contributed by atoms with Gasteiger partial charge < -0.3 is 4.90 Å². The first-order valence-corrected chi connectivity index (χ1v) is 4.90. The van der Waals surface area contributed by atoms with Gasteiger partial charge in [0.25, 0.3) is 0 Å². The molecule has 74 valence electrons. The zero-order chi connectivity index (χ0) is 9.97. The highest BCUT2D eigenvalue weighted by atomic mass is 19.1. The van der Waals surface area contributed by atoms with Gasteiger partial charge in [0.2, 0.25) is 0 Å². The molecule has 1 unspecified atom stereocenters. The summed E-state index contributed by atoms with van der Waals surface area (Å²) in [6.45, 7) is 1.07. The Morgan fingerprint density at radius 3 is 2.57 bits per heavy atom. The predicted molar refractivity (Wildman–Crippen MR) is 55.5 cm³/mol. The number of hydrogen-bond acceptors (Lipinski definition) is 1. The molecule has 0 spiro atoms. The summed E-state index contributed by atoms with van der Waals surface area (Å²) in [5.41, 5.74) is 1.20. The second kappa shape index (κ2) is 3.82. The van der Waals surface area contributed by atoms with Crippen LogP contribution in [0, 0.1) is 5.82 Å². The van der Waals surface area contributed by atoms with Crippen molar-refractivity contribution in [1.82, 2.24) is 4.90 Å². The van der Waals surface area contributed by atoms with Gasteiger partial charge in [0.05, 0.1) is 0 Å². The van der Waals surface area contributed by atoms with Crippen molar-refractivity contribution in [2.24, 2.45) is 0 Å². The topological polar surface area (TPSA) is 3.24 Å². The monoisotopic (exact) mass is 191 g/mol. The van der Waals surface area contributed by atoms with Crippen LogP contribution in [0.15, 0.2) is 36.5 Å². The SMILES string of the molecule is CN1C=CC(c2ccc(F)cc2)CC1. The third-order valence-electron chi connectivity index (χ3n) is 2.66. The molecule has 0 aliphatic carbocycles. The molecule has 1 aliphatic heterocycles. The molecule has 1 aromatic carbocycles. The van der Waals surface area contributed by atoms with E-state index in [-0.39, 0.29) is 5.82 Å². The lowest BCUT2D eigenvalue weighted by Gasteiger charge is -2.24. The number of rotatable bonds is 1. The van der Waals surface area contributed by atoms with E-state index in [2.05, 4.69) is 24.2 Å². The number of benzene rings is 1. The van der Waals surface area contributed by atoms with E-state index in [1.54, 1.807) is 0 Å². The van der Waals surface area contributed by atoms with Gasteiger partial charge in [-0.25, -0.2) is 4.39 Å². The molecule has 0 aromatic heterocycles. The van der Waals surface area contributed by atoms with Crippen LogP contribution in [0.1, 0.15) is 17.9 Å². The predicted octanol–water partition coefficient (Wildman–Crippen LogP) is 2.76. The molecule has 0 saturated heterocycles. The van der Waals surface area contributed by atoms with Gasteiger partial charge in [-0.3, -0.25) is 0 Å². The van der Waals surface area contributed by atoms with E-state index in [4.69, 9.17) is 0 Å². The van der Waals surface area contributed by atoms with Crippen molar-refractivity contribution in [3.63, 3.8) is 0 Å². The van der Waals surface area contributed by atoms with Gasteiger partial charge in [-0.2, -0.15) is 0 Å². The molecule has 0 N–H and O–H groups in total. The highest BCUT2D eigenvalue weighted by Crippen LogP contribution is 2.24. The fourth-order valence-corrected chi connectivity index (χ4v) is 1.75. The van der Waals surface area contributed by atoms with Gasteiger partial charge in [-0.1, -0.05) is 18.2 Å². The number of hydrogen-bond donors (Lipinski definition) is 0. The third kappa shape index (κ3) is 1.95. The molecule has 0 radical (unpaired) electrons. The molecule has 2 heteroatoms. The van der Waals surface area contributed by atoms with Crippen molar-refractivity contribution in [2.75, 3.05) is 13.6 Å². The molecular weight excluding hydrogens is 177 g/mol. The maximum Gasteiger partial charge on any atom is 0.123 e. The summed E-state index contributed by atoms with van der Waals surface area (Å²) in [5, 5.41) is 0. The zero-order valence-electron chi connectivity index (χ0n) is 8.28. The van der Waals surface area contributed by atoms with E-state index in [9.17, 15) is 4.39 Å². The maximum absolute atomic E-state index is 12.7. The van der Waals surface area contributed by atoms with Crippen molar-refractivity contribution in [2.45, 2.75) is 12.3 Å². The minimum Gasteiger partial charge on any atom is -0.381 e. The normalized spacial score (nSPS) is 21.3. The van der Waals surface area contributed by atoms with E-state index in [0.717, 1.165) is 13.0 Å². The quantitative estimate of drug-likeness (QED) is 0.659. The van der Waals surface area contributed by atoms with Crippen molar-refractivity contribution in [3.05, 3.63) is 47.9 Å². The first-order chi connectivity index (χ1) is 6.75. The summed E-state index contributed by atoms with van der Waals surface area (Å²) < 4.78 is 12.7. The van der Waals surface area contributed by atoms with Crippen LogP contribution in [0.5, 0.6) is 0 Å². The fourth-order valence-electron chi connectivity index (χ4n) is 1.75. The number of halogens is 1. The summed E-state index contributed by atoms with van der Waals surface area (Å²) in [7, 11) is 2.07. The molecule has 1 heterocycles. The van der Waals surface area contributed by atoms with Crippen LogP contribution in [-0.4, -0.2) is 18.5 Å². The Balaban J connectivity index is 2.16. The molecule has 0 fully saturated rings. The minimum absolute atomic E-state index is 0.161. The Kier molecular flexibility index (Phi) is 2.53. The summed E-state index contributed by atoms with van der Waals surface area (Å²) in [5.74, 6) is 0.289. The third-order valence-corrected chi connectivity index (χ3v) is 2.66. The van der Waals surface area contributed by atoms with Gasteiger partial charge in [-0.15, -0.1) is 0 Å². The summed E-state index contributed by atoms with van der Waals surface area (Å²) >= 11 is 0. The van der Waals surface area contributed by atoms with Crippen LogP contribution in [0.3, 0.4) is 0 Å². The van der Waals surface area contributed by atoms with E-state index in [1.165, 1.54) is 17.7 Å². The Morgan fingerprint density at radius 1 is 1.29 bits per heavy atom. The van der Waals surface area contributed by atoms with Crippen LogP contribution in [0.25, 0.3) is 0 Å². The smallest absolute Gasteiger partial charge is 0.123 e. The molecule has 0 bridgehead atoms. The molecule has 14 heavy (non-hydrogen) atoms. The van der Waals surface area contributed by atoms with Crippen molar-refractivity contribution >= 4 is 0 Å². The van der Waals surface area contributed by atoms with Crippen LogP contribution in [-0.2, 0) is 0 Å². The van der Waals surface area contributed by atoms with E-state index in [1.807, 2.05) is 12.1 Å². The summed E-state index contributed by atoms with van der Waals surface area (Å²) in [4.78, 5) is 2.17. The fraction of sp³-hybridized carbons (Fsp3) is 0.333. The lowest BCUT2D eigenvalue weighted by molar-refractivity contribution is 0.408. The van der Waals surface area contributed by atoms with E-state index in [0.29, 0.717) is 5.92 Å². The lowest BCUT2D eigenvalue weighted by Crippen LogP contribution is -2.19. The van der Waals surface area contributed by atoms with Gasteiger partial charge in [0.15, 0.2) is 0 Å². The van der Waals surface area contributed by atoms with Gasteiger partial charge in [0.1, 0.15) is 5.82 Å². The van der Waals surface area contributed by atoms with Gasteiger partial charge in [0, 0.05) is 19.5 Å². The standard InChI is InChI=1S/C12H14FN/c1-14-8-6-11(7-9-14)10-2-4-12(13)5-3-10/h2-6,8,11H,7,9H2,1H3. The average molecular weight is 191 g/mol. The molecule has 0 amide bonds. The molecule has 0 saturated carbocycles. The first-order valence-electron chi connectivity index (χ1n) is 4.90. The van der Waals surface area contributed by atoms with Crippen LogP contribution in [0.4, 0.5) is 4.39 Å². The Hall–Kier alpha value is -1.31. The van der Waals surface area contributed by atoms with Crippen molar-refractivity contribution in [1.29, 1.82) is 0 Å². The maximum atomic E-state index is 12.7. The summed E-state index contributed by atoms with van der Waals surface area (Å²) in [6.07, 6.45) is 5.38. The summed E-state index contributed by atoms with van der Waals surface area (Å²) in [6, 6.07) is 6.80. The Labute approximate surface area is 83.9 Å². The highest BCUT2D eigenvalue weighted by molar-refractivity contribution is 5.25. The van der Waals surface area contributed by atoms with Gasteiger partial charge in [-0.05, 0) is 30.3 Å². The molecule has 1 aromatic rings.